The minimum atomic E-state index is 0. The summed E-state index contributed by atoms with van der Waals surface area (Å²) in [4.78, 5) is 0. The van der Waals surface area contributed by atoms with Gasteiger partial charge in [-0.2, -0.15) is 20.5 Å². The summed E-state index contributed by atoms with van der Waals surface area (Å²) in [7, 11) is 0. The van der Waals surface area contributed by atoms with Gasteiger partial charge >= 0.3 is 0 Å². The first-order valence-electron chi connectivity index (χ1n) is 14.8. The maximum atomic E-state index is 5.48. The molecule has 8 fully saturated rings. The highest BCUT2D eigenvalue weighted by molar-refractivity contribution is 8.93. The van der Waals surface area contributed by atoms with Gasteiger partial charge in [-0.1, -0.05) is 6.92 Å². The standard InChI is InChI=1S/C29H44N4.2BrH/c1-25(14-22-6-13-29(25,17-22)33-31-27-10-4-21(16-27)5-11-27)24-19-28(12-7-23(24)18-28)32-30-26-8-2-20(15-26)3-9-26;;/h20-24H,2-19H2,1H3;2*1H/t20?,21?,22?,23?,24?,25?,26?,27?,28?,29-;;/m0../s1. The molecule has 0 aliphatic heterocycles. The van der Waals surface area contributed by atoms with E-state index in [9.17, 15) is 0 Å². The molecular weight excluding hydrogens is 564 g/mol. The Kier molecular flexibility index (Phi) is 6.05. The second-order valence-electron chi connectivity index (χ2n) is 14.9. The van der Waals surface area contributed by atoms with Gasteiger partial charge in [-0.05, 0) is 151 Å². The highest BCUT2D eigenvalue weighted by Gasteiger charge is 2.68. The molecule has 0 aromatic carbocycles. The lowest BCUT2D eigenvalue weighted by molar-refractivity contribution is 0.0301. The summed E-state index contributed by atoms with van der Waals surface area (Å²) in [5, 5.41) is 21.3. The molecule has 8 bridgehead atoms. The molecule has 0 radical (unpaired) electrons. The second kappa shape index (κ2) is 8.33. The highest BCUT2D eigenvalue weighted by Crippen LogP contribution is 2.70. The average Bonchev–Trinajstić information content (AvgIpc) is 3.68. The normalized spacial score (nSPS) is 57.1. The fourth-order valence-corrected chi connectivity index (χ4v) is 11.5. The maximum Gasteiger partial charge on any atom is 0.0875 e. The van der Waals surface area contributed by atoms with E-state index < -0.39 is 0 Å². The molecule has 8 rings (SSSR count). The maximum absolute atomic E-state index is 5.48. The highest BCUT2D eigenvalue weighted by atomic mass is 79.9. The molecule has 8 aliphatic carbocycles. The molecule has 0 aromatic heterocycles. The van der Waals surface area contributed by atoms with E-state index in [0.717, 1.165) is 29.6 Å². The Bertz CT molecular complexity index is 904. The van der Waals surface area contributed by atoms with E-state index in [2.05, 4.69) is 6.92 Å². The van der Waals surface area contributed by atoms with Crippen molar-refractivity contribution in [2.45, 2.75) is 145 Å². The summed E-state index contributed by atoms with van der Waals surface area (Å²) in [5.41, 5.74) is 1.16. The third kappa shape index (κ3) is 3.59. The van der Waals surface area contributed by atoms with E-state index in [1.165, 1.54) is 116 Å². The SMILES string of the molecule is Br.Br.CC1(C2CC3(N=NC45CCC(CC4)C5)CCC2C3)CC2CC[C@]1(N=NC13CCC(CC1)C3)C2. The van der Waals surface area contributed by atoms with Crippen LogP contribution < -0.4 is 0 Å². The Labute approximate surface area is 233 Å². The molecular formula is C29H46Br2N4. The van der Waals surface area contributed by atoms with Crippen LogP contribution in [0.5, 0.6) is 0 Å². The van der Waals surface area contributed by atoms with Crippen LogP contribution in [-0.2, 0) is 0 Å². The third-order valence-electron chi connectivity index (χ3n) is 13.3. The second-order valence-corrected chi connectivity index (χ2v) is 14.9. The molecule has 6 atom stereocenters. The number of azo groups is 2. The summed E-state index contributed by atoms with van der Waals surface area (Å²) in [5.74, 6) is 4.47. The van der Waals surface area contributed by atoms with E-state index in [4.69, 9.17) is 20.5 Å². The van der Waals surface area contributed by atoms with E-state index in [1.54, 1.807) is 0 Å². The number of hydrogen-bond donors (Lipinski definition) is 0. The van der Waals surface area contributed by atoms with Crippen LogP contribution >= 0.6 is 34.0 Å². The summed E-state index contributed by atoms with van der Waals surface area (Å²) in [6.07, 6.45) is 24.3. The molecule has 8 aliphatic rings. The van der Waals surface area contributed by atoms with Crippen molar-refractivity contribution in [1.82, 2.24) is 0 Å². The predicted octanol–water partition coefficient (Wildman–Crippen LogP) is 9.22. The number of nitrogens with zero attached hydrogens (tertiary/aromatic N) is 4. The predicted molar refractivity (Wildman–Crippen MR) is 150 cm³/mol. The third-order valence-corrected chi connectivity index (χ3v) is 13.3. The molecule has 5 unspecified atom stereocenters. The van der Waals surface area contributed by atoms with Gasteiger partial charge in [0.15, 0.2) is 0 Å². The van der Waals surface area contributed by atoms with Crippen LogP contribution in [0.2, 0.25) is 0 Å². The van der Waals surface area contributed by atoms with Gasteiger partial charge in [0.05, 0.1) is 22.2 Å². The van der Waals surface area contributed by atoms with Gasteiger partial charge in [-0.3, -0.25) is 0 Å². The molecule has 8 saturated carbocycles. The quantitative estimate of drug-likeness (QED) is 0.279. The van der Waals surface area contributed by atoms with Gasteiger partial charge in [0.1, 0.15) is 0 Å². The van der Waals surface area contributed by atoms with Crippen LogP contribution in [0.25, 0.3) is 0 Å². The molecule has 0 N–H and O–H groups in total. The Morgan fingerprint density at radius 1 is 0.486 bits per heavy atom. The van der Waals surface area contributed by atoms with Gasteiger partial charge in [-0.25, -0.2) is 0 Å². The molecule has 0 saturated heterocycles. The van der Waals surface area contributed by atoms with Crippen LogP contribution in [0, 0.1) is 35.0 Å². The number of hydrogen-bond acceptors (Lipinski definition) is 4. The van der Waals surface area contributed by atoms with Gasteiger partial charge in [0.2, 0.25) is 0 Å². The fraction of sp³-hybridized carbons (Fsp3) is 1.00. The Balaban J connectivity index is 0.00000114. The number of fused-ring (bicyclic) bond motifs is 8. The summed E-state index contributed by atoms with van der Waals surface area (Å²) < 4.78 is 0. The Morgan fingerprint density at radius 2 is 1.03 bits per heavy atom. The van der Waals surface area contributed by atoms with Crippen molar-refractivity contribution in [1.29, 1.82) is 0 Å². The zero-order valence-electron chi connectivity index (χ0n) is 21.7. The van der Waals surface area contributed by atoms with E-state index in [-0.39, 0.29) is 56.1 Å². The van der Waals surface area contributed by atoms with E-state index in [0.29, 0.717) is 5.41 Å². The number of halogens is 2. The monoisotopic (exact) mass is 608 g/mol. The van der Waals surface area contributed by atoms with Crippen molar-refractivity contribution in [2.75, 3.05) is 0 Å². The first-order chi connectivity index (χ1) is 15.9. The first kappa shape index (κ1) is 25.4. The van der Waals surface area contributed by atoms with Crippen molar-refractivity contribution in [2.24, 2.45) is 55.5 Å². The van der Waals surface area contributed by atoms with E-state index >= 15 is 0 Å². The lowest BCUT2D eigenvalue weighted by Gasteiger charge is -2.49. The zero-order chi connectivity index (χ0) is 21.9. The minimum Gasteiger partial charge on any atom is -0.187 e. The molecule has 35 heavy (non-hydrogen) atoms. The Hall–Kier alpha value is 0.160. The first-order valence-corrected chi connectivity index (χ1v) is 14.8. The van der Waals surface area contributed by atoms with Crippen molar-refractivity contribution in [3.63, 3.8) is 0 Å². The van der Waals surface area contributed by atoms with Gasteiger partial charge in [0, 0.05) is 0 Å². The fourth-order valence-electron chi connectivity index (χ4n) is 11.5. The van der Waals surface area contributed by atoms with Crippen LogP contribution in [0.1, 0.15) is 122 Å². The lowest BCUT2D eigenvalue weighted by atomic mass is 9.58. The molecule has 6 heteroatoms. The largest absolute Gasteiger partial charge is 0.187 e. The average molecular weight is 611 g/mol. The summed E-state index contributed by atoms with van der Waals surface area (Å²) in [6, 6.07) is 0. The molecule has 0 amide bonds. The summed E-state index contributed by atoms with van der Waals surface area (Å²) in [6.45, 7) is 2.66. The molecule has 0 spiro atoms. The minimum absolute atomic E-state index is 0. The van der Waals surface area contributed by atoms with Crippen LogP contribution in [0.15, 0.2) is 20.5 Å². The van der Waals surface area contributed by atoms with Crippen molar-refractivity contribution < 1.29 is 0 Å². The Morgan fingerprint density at radius 3 is 1.60 bits per heavy atom. The van der Waals surface area contributed by atoms with Gasteiger partial charge in [-0.15, -0.1) is 34.0 Å². The van der Waals surface area contributed by atoms with E-state index in [1.807, 2.05) is 0 Å². The van der Waals surface area contributed by atoms with Crippen LogP contribution in [0.4, 0.5) is 0 Å². The summed E-state index contributed by atoms with van der Waals surface area (Å²) >= 11 is 0. The number of rotatable bonds is 5. The molecule has 0 aromatic rings. The van der Waals surface area contributed by atoms with Crippen molar-refractivity contribution in [3.05, 3.63) is 0 Å². The zero-order valence-corrected chi connectivity index (χ0v) is 25.1. The van der Waals surface area contributed by atoms with Crippen LogP contribution in [0.3, 0.4) is 0 Å². The van der Waals surface area contributed by atoms with Crippen molar-refractivity contribution >= 4 is 34.0 Å². The van der Waals surface area contributed by atoms with Gasteiger partial charge < -0.3 is 0 Å². The molecule has 4 nitrogen and oxygen atoms in total. The van der Waals surface area contributed by atoms with Crippen LogP contribution in [-0.4, -0.2) is 22.2 Å². The topological polar surface area (TPSA) is 49.4 Å². The molecule has 0 heterocycles. The smallest absolute Gasteiger partial charge is 0.0875 e. The lowest BCUT2D eigenvalue weighted by Crippen LogP contribution is -2.48. The van der Waals surface area contributed by atoms with Crippen molar-refractivity contribution in [3.8, 4) is 0 Å². The molecule has 196 valence electrons. The van der Waals surface area contributed by atoms with Gasteiger partial charge in [0.25, 0.3) is 0 Å².